The van der Waals surface area contributed by atoms with Crippen molar-refractivity contribution < 1.29 is 23.9 Å². The van der Waals surface area contributed by atoms with Crippen molar-refractivity contribution in [1.29, 1.82) is 0 Å². The number of anilines is 1. The number of carbonyl (C=O) groups excluding carboxylic acids is 3. The zero-order valence-corrected chi connectivity index (χ0v) is 13.5. The van der Waals surface area contributed by atoms with Gasteiger partial charge in [-0.1, -0.05) is 0 Å². The van der Waals surface area contributed by atoms with Crippen LogP contribution in [0.3, 0.4) is 0 Å². The van der Waals surface area contributed by atoms with Gasteiger partial charge in [-0.15, -0.1) is 0 Å². The Morgan fingerprint density at radius 3 is 2.48 bits per heavy atom. The predicted octanol–water partition coefficient (Wildman–Crippen LogP) is 1.19. The van der Waals surface area contributed by atoms with Crippen molar-refractivity contribution in [2.24, 2.45) is 0 Å². The second-order valence-electron chi connectivity index (χ2n) is 5.09. The topological polar surface area (TPSA) is 108 Å². The summed E-state index contributed by atoms with van der Waals surface area (Å²) >= 11 is 0. The Kier molecular flexibility index (Phi) is 7.05. The van der Waals surface area contributed by atoms with E-state index >= 15 is 0 Å². The quantitative estimate of drug-likeness (QED) is 0.577. The molecular weight excluding hydrogens is 300 g/mol. The van der Waals surface area contributed by atoms with Crippen LogP contribution in [0, 0.1) is 6.92 Å². The van der Waals surface area contributed by atoms with Gasteiger partial charge in [0.25, 0.3) is 5.91 Å². The van der Waals surface area contributed by atoms with E-state index in [2.05, 4.69) is 14.8 Å². The van der Waals surface area contributed by atoms with Crippen LogP contribution in [0.2, 0.25) is 0 Å². The number of nitrogens with one attached hydrogen (secondary N) is 1. The SMILES string of the molecule is COC(=O)CCC[C@H](NC(=O)c1ccc(N)c(C)c1)C(=O)OC. The van der Waals surface area contributed by atoms with Gasteiger partial charge in [-0.25, -0.2) is 4.79 Å². The van der Waals surface area contributed by atoms with Crippen molar-refractivity contribution in [2.45, 2.75) is 32.2 Å². The van der Waals surface area contributed by atoms with Gasteiger partial charge in [0.15, 0.2) is 0 Å². The van der Waals surface area contributed by atoms with Gasteiger partial charge in [0, 0.05) is 17.7 Å². The number of methoxy groups -OCH3 is 2. The minimum Gasteiger partial charge on any atom is -0.469 e. The smallest absolute Gasteiger partial charge is 0.328 e. The van der Waals surface area contributed by atoms with Crippen LogP contribution < -0.4 is 11.1 Å². The van der Waals surface area contributed by atoms with Crippen molar-refractivity contribution in [3.05, 3.63) is 29.3 Å². The molecule has 1 aromatic carbocycles. The first-order valence-corrected chi connectivity index (χ1v) is 7.20. The Labute approximate surface area is 135 Å². The first-order valence-electron chi connectivity index (χ1n) is 7.20. The molecule has 0 aliphatic rings. The van der Waals surface area contributed by atoms with Gasteiger partial charge >= 0.3 is 11.9 Å². The highest BCUT2D eigenvalue weighted by Gasteiger charge is 2.22. The van der Waals surface area contributed by atoms with E-state index in [-0.39, 0.29) is 18.8 Å². The zero-order valence-electron chi connectivity index (χ0n) is 13.5. The number of benzene rings is 1. The third-order valence-corrected chi connectivity index (χ3v) is 3.42. The van der Waals surface area contributed by atoms with E-state index in [4.69, 9.17) is 5.73 Å². The molecule has 7 nitrogen and oxygen atoms in total. The molecular formula is C16H22N2O5. The van der Waals surface area contributed by atoms with Crippen LogP contribution in [0.1, 0.15) is 35.2 Å². The summed E-state index contributed by atoms with van der Waals surface area (Å²) in [4.78, 5) is 35.1. The van der Waals surface area contributed by atoms with E-state index < -0.39 is 17.9 Å². The van der Waals surface area contributed by atoms with Gasteiger partial charge in [-0.2, -0.15) is 0 Å². The van der Waals surface area contributed by atoms with Gasteiger partial charge in [-0.3, -0.25) is 9.59 Å². The van der Waals surface area contributed by atoms with E-state index in [0.717, 1.165) is 5.56 Å². The Morgan fingerprint density at radius 2 is 1.91 bits per heavy atom. The maximum absolute atomic E-state index is 12.2. The number of ether oxygens (including phenoxy) is 2. The van der Waals surface area contributed by atoms with E-state index in [1.807, 2.05) is 0 Å². The normalized spacial score (nSPS) is 11.4. The Hall–Kier alpha value is -2.57. The average molecular weight is 322 g/mol. The lowest BCUT2D eigenvalue weighted by molar-refractivity contribution is -0.144. The molecule has 0 aliphatic carbocycles. The number of esters is 2. The van der Waals surface area contributed by atoms with Gasteiger partial charge in [0.05, 0.1) is 14.2 Å². The monoisotopic (exact) mass is 322 g/mol. The first-order chi connectivity index (χ1) is 10.9. The fraction of sp³-hybridized carbons (Fsp3) is 0.438. The lowest BCUT2D eigenvalue weighted by Crippen LogP contribution is -2.41. The zero-order chi connectivity index (χ0) is 17.4. The minimum absolute atomic E-state index is 0.168. The molecule has 0 radical (unpaired) electrons. The molecule has 0 aliphatic heterocycles. The third kappa shape index (κ3) is 5.61. The Balaban J connectivity index is 2.71. The molecule has 0 spiro atoms. The molecule has 0 fully saturated rings. The second-order valence-corrected chi connectivity index (χ2v) is 5.09. The number of nitrogen functional groups attached to an aromatic ring is 1. The molecule has 0 heterocycles. The molecule has 0 unspecified atom stereocenters. The van der Waals surface area contributed by atoms with Crippen LogP contribution in [0.4, 0.5) is 5.69 Å². The van der Waals surface area contributed by atoms with Gasteiger partial charge < -0.3 is 20.5 Å². The second kappa shape index (κ2) is 8.77. The summed E-state index contributed by atoms with van der Waals surface area (Å²) < 4.78 is 9.23. The molecule has 0 saturated carbocycles. The number of rotatable bonds is 7. The molecule has 126 valence electrons. The number of carbonyl (C=O) groups is 3. The van der Waals surface area contributed by atoms with E-state index in [1.165, 1.54) is 14.2 Å². The summed E-state index contributed by atoms with van der Waals surface area (Å²) in [5, 5.41) is 2.62. The molecule has 1 amide bonds. The summed E-state index contributed by atoms with van der Waals surface area (Å²) in [5.74, 6) is -1.33. The molecule has 0 aromatic heterocycles. The Morgan fingerprint density at radius 1 is 1.22 bits per heavy atom. The number of nitrogens with two attached hydrogens (primary N) is 1. The third-order valence-electron chi connectivity index (χ3n) is 3.42. The van der Waals surface area contributed by atoms with Crippen LogP contribution in [0.25, 0.3) is 0 Å². The molecule has 3 N–H and O–H groups in total. The molecule has 1 rings (SSSR count). The van der Waals surface area contributed by atoms with E-state index in [1.54, 1.807) is 25.1 Å². The van der Waals surface area contributed by atoms with Crippen LogP contribution >= 0.6 is 0 Å². The summed E-state index contributed by atoms with van der Waals surface area (Å²) in [6.07, 6.45) is 0.843. The van der Waals surface area contributed by atoms with E-state index in [0.29, 0.717) is 17.7 Å². The van der Waals surface area contributed by atoms with Crippen LogP contribution in [0.5, 0.6) is 0 Å². The van der Waals surface area contributed by atoms with Gasteiger partial charge in [0.1, 0.15) is 6.04 Å². The molecule has 0 bridgehead atoms. The fourth-order valence-corrected chi connectivity index (χ4v) is 2.00. The standard InChI is InChI=1S/C16H22N2O5/c1-10-9-11(7-8-12(10)17)15(20)18-13(16(21)23-3)5-4-6-14(19)22-2/h7-9,13H,4-6,17H2,1-3H3,(H,18,20)/t13-/m0/s1. The number of aryl methyl sites for hydroxylation is 1. The highest BCUT2D eigenvalue weighted by Crippen LogP contribution is 2.13. The molecule has 1 atom stereocenters. The van der Waals surface area contributed by atoms with Crippen molar-refractivity contribution in [1.82, 2.24) is 5.32 Å². The van der Waals surface area contributed by atoms with Crippen molar-refractivity contribution in [2.75, 3.05) is 20.0 Å². The van der Waals surface area contributed by atoms with Gasteiger partial charge in [-0.05, 0) is 43.5 Å². The summed E-state index contributed by atoms with van der Waals surface area (Å²) in [6, 6.07) is 4.04. The lowest BCUT2D eigenvalue weighted by Gasteiger charge is -2.16. The first kappa shape index (κ1) is 18.5. The molecule has 1 aromatic rings. The minimum atomic E-state index is -0.824. The highest BCUT2D eigenvalue weighted by molar-refractivity contribution is 5.97. The maximum Gasteiger partial charge on any atom is 0.328 e. The largest absolute Gasteiger partial charge is 0.469 e. The number of amides is 1. The predicted molar refractivity (Wildman–Crippen MR) is 84.7 cm³/mol. The van der Waals surface area contributed by atoms with Crippen LogP contribution in [-0.4, -0.2) is 38.1 Å². The highest BCUT2D eigenvalue weighted by atomic mass is 16.5. The number of hydrogen-bond donors (Lipinski definition) is 2. The van der Waals surface area contributed by atoms with Gasteiger partial charge in [0.2, 0.25) is 0 Å². The van der Waals surface area contributed by atoms with Crippen molar-refractivity contribution >= 4 is 23.5 Å². The summed E-state index contributed by atoms with van der Waals surface area (Å²) in [7, 11) is 2.54. The Bertz CT molecular complexity index is 586. The lowest BCUT2D eigenvalue weighted by atomic mass is 10.1. The summed E-state index contributed by atoms with van der Waals surface area (Å²) in [6.45, 7) is 1.79. The summed E-state index contributed by atoms with van der Waals surface area (Å²) in [5.41, 5.74) is 7.48. The van der Waals surface area contributed by atoms with Crippen molar-refractivity contribution in [3.8, 4) is 0 Å². The van der Waals surface area contributed by atoms with Crippen molar-refractivity contribution in [3.63, 3.8) is 0 Å². The molecule has 23 heavy (non-hydrogen) atoms. The molecule has 7 heteroatoms. The number of hydrogen-bond acceptors (Lipinski definition) is 6. The van der Waals surface area contributed by atoms with Crippen LogP contribution in [0.15, 0.2) is 18.2 Å². The fourth-order valence-electron chi connectivity index (χ4n) is 2.00. The maximum atomic E-state index is 12.2. The average Bonchev–Trinajstić information content (AvgIpc) is 2.55. The molecule has 0 saturated heterocycles. The van der Waals surface area contributed by atoms with Crippen LogP contribution in [-0.2, 0) is 19.1 Å². The van der Waals surface area contributed by atoms with E-state index in [9.17, 15) is 14.4 Å².